The number of ether oxygens (including phenoxy) is 4. The second kappa shape index (κ2) is 10.4. The topological polar surface area (TPSA) is 94.5 Å². The lowest BCUT2D eigenvalue weighted by molar-refractivity contribution is -0.132. The maximum absolute atomic E-state index is 13.5. The molecule has 9 heteroatoms. The Hall–Kier alpha value is -4.17. The molecule has 0 aromatic heterocycles. The minimum Gasteiger partial charge on any atom is -0.507 e. The first kappa shape index (κ1) is 25.9. The molecule has 1 aliphatic heterocycles. The van der Waals surface area contributed by atoms with Gasteiger partial charge in [-0.05, 0) is 60.5 Å². The van der Waals surface area contributed by atoms with E-state index in [0.29, 0.717) is 34.2 Å². The largest absolute Gasteiger partial charge is 0.507 e. The summed E-state index contributed by atoms with van der Waals surface area (Å²) in [4.78, 5) is 28.3. The molecule has 1 fully saturated rings. The number of methoxy groups -OCH3 is 4. The first-order chi connectivity index (χ1) is 17.7. The van der Waals surface area contributed by atoms with Gasteiger partial charge in [-0.2, -0.15) is 0 Å². The summed E-state index contributed by atoms with van der Waals surface area (Å²) >= 11 is 6.40. The third-order valence-electron chi connectivity index (χ3n) is 6.16. The smallest absolute Gasteiger partial charge is 0.300 e. The number of rotatable bonds is 7. The second-order valence-electron chi connectivity index (χ2n) is 8.31. The van der Waals surface area contributed by atoms with Crippen LogP contribution in [0.15, 0.2) is 60.2 Å². The maximum Gasteiger partial charge on any atom is 0.300 e. The molecule has 1 N–H and O–H groups in total. The highest BCUT2D eigenvalue weighted by Crippen LogP contribution is 2.47. The fraction of sp³-hybridized carbons (Fsp3) is 0.214. The van der Waals surface area contributed by atoms with Crippen molar-refractivity contribution in [1.82, 2.24) is 0 Å². The fourth-order valence-electron chi connectivity index (χ4n) is 4.41. The molecular weight excluding hydrogens is 498 g/mol. The number of aliphatic hydroxyl groups is 1. The number of aryl methyl sites for hydroxylation is 1. The molecule has 37 heavy (non-hydrogen) atoms. The molecule has 1 amide bonds. The number of Topliss-reactive ketones (excluding diaryl/α,β-unsaturated/α-hetero) is 1. The van der Waals surface area contributed by atoms with E-state index in [1.165, 1.54) is 39.4 Å². The monoisotopic (exact) mass is 523 g/mol. The highest BCUT2D eigenvalue weighted by molar-refractivity contribution is 6.52. The highest BCUT2D eigenvalue weighted by atomic mass is 35.5. The Morgan fingerprint density at radius 1 is 0.892 bits per heavy atom. The Bertz CT molecular complexity index is 1390. The molecule has 1 unspecified atom stereocenters. The first-order valence-electron chi connectivity index (χ1n) is 11.3. The minimum atomic E-state index is -1.03. The Labute approximate surface area is 219 Å². The summed E-state index contributed by atoms with van der Waals surface area (Å²) in [5.41, 5.74) is 1.84. The summed E-state index contributed by atoms with van der Waals surface area (Å²) in [6.45, 7) is 1.88. The van der Waals surface area contributed by atoms with Gasteiger partial charge in [0, 0.05) is 11.3 Å². The molecule has 0 spiro atoms. The quantitative estimate of drug-likeness (QED) is 0.255. The van der Waals surface area contributed by atoms with E-state index in [0.717, 1.165) is 5.56 Å². The first-order valence-corrected chi connectivity index (χ1v) is 11.6. The lowest BCUT2D eigenvalue weighted by Gasteiger charge is -2.27. The standard InChI is InChI=1S/C28H26ClNO7/c1-15-7-6-8-17(11-15)30-24(16-12-21(35-3)27(37-5)22(13-16)36-4)23(26(32)28(30)33)25(31)19-14-18(34-2)9-10-20(19)29/h6-14,24,31H,1-5H3/b25-23+. The number of carbonyl (C=O) groups excluding carboxylic acids is 2. The number of halogens is 1. The number of carbonyl (C=O) groups is 2. The Kier molecular flexibility index (Phi) is 7.31. The van der Waals surface area contributed by atoms with Crippen molar-refractivity contribution < 1.29 is 33.6 Å². The van der Waals surface area contributed by atoms with Gasteiger partial charge in [-0.3, -0.25) is 14.5 Å². The van der Waals surface area contributed by atoms with Crippen LogP contribution in [0.3, 0.4) is 0 Å². The fourth-order valence-corrected chi connectivity index (χ4v) is 4.62. The van der Waals surface area contributed by atoms with E-state index in [9.17, 15) is 14.7 Å². The van der Waals surface area contributed by atoms with Gasteiger partial charge in [-0.15, -0.1) is 0 Å². The van der Waals surface area contributed by atoms with Crippen molar-refractivity contribution in [3.8, 4) is 23.0 Å². The summed E-state index contributed by atoms with van der Waals surface area (Å²) < 4.78 is 21.7. The van der Waals surface area contributed by atoms with Crippen molar-refractivity contribution >= 4 is 34.7 Å². The van der Waals surface area contributed by atoms with Crippen molar-refractivity contribution in [2.24, 2.45) is 0 Å². The normalized spacial score (nSPS) is 16.6. The van der Waals surface area contributed by atoms with Gasteiger partial charge in [0.15, 0.2) is 11.5 Å². The molecule has 192 valence electrons. The molecule has 4 rings (SSSR count). The number of hydrogen-bond donors (Lipinski definition) is 1. The third-order valence-corrected chi connectivity index (χ3v) is 6.49. The van der Waals surface area contributed by atoms with E-state index in [-0.39, 0.29) is 16.2 Å². The Balaban J connectivity index is 2.05. The van der Waals surface area contributed by atoms with Crippen LogP contribution in [0.2, 0.25) is 5.02 Å². The van der Waals surface area contributed by atoms with Gasteiger partial charge in [0.2, 0.25) is 5.75 Å². The molecule has 1 aliphatic rings. The van der Waals surface area contributed by atoms with E-state index < -0.39 is 23.5 Å². The maximum atomic E-state index is 13.5. The van der Waals surface area contributed by atoms with E-state index in [1.54, 1.807) is 42.5 Å². The van der Waals surface area contributed by atoms with Gasteiger partial charge in [0.25, 0.3) is 11.7 Å². The van der Waals surface area contributed by atoms with Gasteiger partial charge < -0.3 is 24.1 Å². The van der Waals surface area contributed by atoms with Crippen molar-refractivity contribution in [3.63, 3.8) is 0 Å². The zero-order valence-electron chi connectivity index (χ0n) is 21.0. The van der Waals surface area contributed by atoms with Gasteiger partial charge in [0.1, 0.15) is 11.5 Å². The number of nitrogens with zero attached hydrogens (tertiary/aromatic N) is 1. The van der Waals surface area contributed by atoms with Crippen LogP contribution >= 0.6 is 11.6 Å². The summed E-state index contributed by atoms with van der Waals surface area (Å²) in [5, 5.41) is 11.7. The molecule has 8 nitrogen and oxygen atoms in total. The van der Waals surface area contributed by atoms with Crippen LogP contribution in [0, 0.1) is 6.92 Å². The average molecular weight is 524 g/mol. The Morgan fingerprint density at radius 2 is 1.57 bits per heavy atom. The zero-order valence-corrected chi connectivity index (χ0v) is 21.8. The molecule has 0 bridgehead atoms. The molecule has 0 saturated carbocycles. The molecule has 0 aliphatic carbocycles. The van der Waals surface area contributed by atoms with Crippen LogP contribution in [-0.4, -0.2) is 45.2 Å². The number of ketones is 1. The number of hydrogen-bond acceptors (Lipinski definition) is 7. The van der Waals surface area contributed by atoms with Gasteiger partial charge in [-0.1, -0.05) is 23.7 Å². The molecule has 3 aromatic rings. The minimum absolute atomic E-state index is 0.143. The van der Waals surface area contributed by atoms with Crippen LogP contribution < -0.4 is 23.8 Å². The van der Waals surface area contributed by atoms with Crippen LogP contribution in [0.4, 0.5) is 5.69 Å². The van der Waals surface area contributed by atoms with Crippen LogP contribution in [0.1, 0.15) is 22.7 Å². The molecule has 1 saturated heterocycles. The lowest BCUT2D eigenvalue weighted by atomic mass is 9.94. The lowest BCUT2D eigenvalue weighted by Crippen LogP contribution is -2.29. The number of aliphatic hydroxyl groups excluding tert-OH is 1. The van der Waals surface area contributed by atoms with Gasteiger partial charge in [-0.25, -0.2) is 0 Å². The summed E-state index contributed by atoms with van der Waals surface area (Å²) in [7, 11) is 5.88. The number of amides is 1. The van der Waals surface area contributed by atoms with E-state index >= 15 is 0 Å². The van der Waals surface area contributed by atoms with E-state index in [1.807, 2.05) is 13.0 Å². The van der Waals surface area contributed by atoms with Gasteiger partial charge >= 0.3 is 0 Å². The van der Waals surface area contributed by atoms with Crippen molar-refractivity contribution in [2.45, 2.75) is 13.0 Å². The predicted molar refractivity (Wildman–Crippen MR) is 140 cm³/mol. The SMILES string of the molecule is COc1ccc(Cl)c(/C(O)=C2\C(=O)C(=O)N(c3cccc(C)c3)C2c2cc(OC)c(OC)c(OC)c2)c1. The number of anilines is 1. The number of benzene rings is 3. The van der Waals surface area contributed by atoms with Crippen molar-refractivity contribution in [2.75, 3.05) is 33.3 Å². The summed E-state index contributed by atoms with van der Waals surface area (Å²) in [5.74, 6) is -0.685. The van der Waals surface area contributed by atoms with Crippen LogP contribution in [0.5, 0.6) is 23.0 Å². The molecule has 1 atom stereocenters. The summed E-state index contributed by atoms with van der Waals surface area (Å²) in [6.07, 6.45) is 0. The second-order valence-corrected chi connectivity index (χ2v) is 8.72. The van der Waals surface area contributed by atoms with Gasteiger partial charge in [0.05, 0.1) is 45.1 Å². The van der Waals surface area contributed by atoms with Crippen molar-refractivity contribution in [1.29, 1.82) is 0 Å². The van der Waals surface area contributed by atoms with E-state index in [4.69, 9.17) is 30.5 Å². The average Bonchev–Trinajstić information content (AvgIpc) is 3.17. The molecule has 0 radical (unpaired) electrons. The highest BCUT2D eigenvalue weighted by Gasteiger charge is 2.47. The predicted octanol–water partition coefficient (Wildman–Crippen LogP) is 5.31. The van der Waals surface area contributed by atoms with Crippen LogP contribution in [-0.2, 0) is 9.59 Å². The molecule has 1 heterocycles. The van der Waals surface area contributed by atoms with Crippen molar-refractivity contribution in [3.05, 3.63) is 81.9 Å². The summed E-state index contributed by atoms with van der Waals surface area (Å²) in [6, 6.07) is 14.1. The molecular formula is C28H26ClNO7. The van der Waals surface area contributed by atoms with Crippen LogP contribution in [0.25, 0.3) is 5.76 Å². The zero-order chi connectivity index (χ0) is 26.9. The van der Waals surface area contributed by atoms with E-state index in [2.05, 4.69) is 0 Å². The molecule has 3 aromatic carbocycles. The third kappa shape index (κ3) is 4.56. The Morgan fingerprint density at radius 3 is 2.14 bits per heavy atom.